The number of rotatable bonds is 6. The van der Waals surface area contributed by atoms with Crippen LogP contribution in [-0.4, -0.2) is 81.3 Å². The van der Waals surface area contributed by atoms with Crippen molar-refractivity contribution in [2.75, 3.05) is 6.61 Å². The van der Waals surface area contributed by atoms with Gasteiger partial charge in [0.25, 0.3) is 0 Å². The normalized spacial score (nSPS) is 43.8. The summed E-state index contributed by atoms with van der Waals surface area (Å²) in [5, 5.41) is 34.9. The van der Waals surface area contributed by atoms with Crippen LogP contribution >= 0.6 is 0 Å². The Kier molecular flexibility index (Phi) is 7.77. The predicted molar refractivity (Wildman–Crippen MR) is 134 cm³/mol. The first-order valence-electron chi connectivity index (χ1n) is 13.8. The molecule has 10 atom stereocenters. The fourth-order valence-corrected chi connectivity index (χ4v) is 9.01. The van der Waals surface area contributed by atoms with Crippen LogP contribution in [0.15, 0.2) is 0 Å². The Hall–Kier alpha value is -2.73. The van der Waals surface area contributed by atoms with Gasteiger partial charge in [-0.15, -0.1) is 0 Å². The third kappa shape index (κ3) is 4.56. The van der Waals surface area contributed by atoms with Gasteiger partial charge in [-0.2, -0.15) is 0 Å². The lowest BCUT2D eigenvalue weighted by atomic mass is 9.40. The molecule has 4 saturated carbocycles. The monoisotopic (exact) mass is 568 g/mol. The fraction of sp³-hybridized carbons (Fsp3) is 0.821. The van der Waals surface area contributed by atoms with Gasteiger partial charge in [-0.05, 0) is 38.0 Å². The van der Waals surface area contributed by atoms with Gasteiger partial charge in [0.05, 0.1) is 22.5 Å². The first kappa shape index (κ1) is 30.2. The molecular formula is C28H40O12. The third-order valence-electron chi connectivity index (χ3n) is 10.4. The maximum absolute atomic E-state index is 12.5. The highest BCUT2D eigenvalue weighted by molar-refractivity contribution is 5.72. The second-order valence-corrected chi connectivity index (χ2v) is 12.4. The van der Waals surface area contributed by atoms with Gasteiger partial charge in [0.1, 0.15) is 24.9 Å². The molecule has 0 heterocycles. The Bertz CT molecular complexity index is 1090. The molecule has 12 heteroatoms. The zero-order valence-corrected chi connectivity index (χ0v) is 23.6. The van der Waals surface area contributed by atoms with E-state index in [4.69, 9.17) is 18.9 Å². The first-order chi connectivity index (χ1) is 18.5. The van der Waals surface area contributed by atoms with Crippen LogP contribution in [0.3, 0.4) is 0 Å². The Morgan fingerprint density at radius 3 is 2.00 bits per heavy atom. The van der Waals surface area contributed by atoms with E-state index in [9.17, 15) is 39.3 Å². The lowest BCUT2D eigenvalue weighted by molar-refractivity contribution is -0.320. The second-order valence-electron chi connectivity index (χ2n) is 12.4. The van der Waals surface area contributed by atoms with Crippen LogP contribution in [-0.2, 0) is 42.9 Å². The molecule has 12 nitrogen and oxygen atoms in total. The number of aliphatic hydroxyl groups is 2. The summed E-state index contributed by atoms with van der Waals surface area (Å²) in [5.74, 6) is -6.10. The standard InChI is InChI=1S/C28H40O12/c1-14(29)37-13-27-22(40-17(4)32)10-18(38-15(2)30)11-26(27,35)8-6-19-23(27)21(39-16(3)31)12-25(5)20(24(33)34)7-9-28(19,25)36/h18-23,35-36H,6-13H2,1-5H3,(H,33,34)/t18-,19-,20-,21-,22+,23-,25-,26-,27-,28-/m1/s1. The van der Waals surface area contributed by atoms with Gasteiger partial charge in [-0.25, -0.2) is 0 Å². The minimum atomic E-state index is -1.73. The molecule has 4 fully saturated rings. The van der Waals surface area contributed by atoms with Gasteiger partial charge in [-0.3, -0.25) is 24.0 Å². The molecule has 0 bridgehead atoms. The van der Waals surface area contributed by atoms with Crippen molar-refractivity contribution < 1.29 is 58.2 Å². The summed E-state index contributed by atoms with van der Waals surface area (Å²) in [5.41, 5.74) is -5.97. The van der Waals surface area contributed by atoms with Gasteiger partial charge in [-0.1, -0.05) is 6.92 Å². The molecule has 0 aromatic rings. The molecule has 0 amide bonds. The molecule has 0 aliphatic heterocycles. The number of carboxylic acid groups (broad SMARTS) is 1. The summed E-state index contributed by atoms with van der Waals surface area (Å²) < 4.78 is 22.7. The minimum Gasteiger partial charge on any atom is -0.481 e. The molecule has 0 saturated heterocycles. The van der Waals surface area contributed by atoms with Crippen molar-refractivity contribution in [2.24, 2.45) is 28.6 Å². The van der Waals surface area contributed by atoms with E-state index in [1.165, 1.54) is 27.7 Å². The van der Waals surface area contributed by atoms with Gasteiger partial charge in [0.15, 0.2) is 0 Å². The average Bonchev–Trinajstić information content (AvgIpc) is 3.07. The van der Waals surface area contributed by atoms with Crippen LogP contribution in [0, 0.1) is 28.6 Å². The highest BCUT2D eigenvalue weighted by atomic mass is 16.6. The number of carboxylic acids is 1. The Morgan fingerprint density at radius 2 is 1.45 bits per heavy atom. The number of hydrogen-bond acceptors (Lipinski definition) is 11. The van der Waals surface area contributed by atoms with Crippen molar-refractivity contribution >= 4 is 29.8 Å². The van der Waals surface area contributed by atoms with Crippen LogP contribution in [0.1, 0.15) is 79.6 Å². The SMILES string of the molecule is CC(=O)OC[C@@]12[C@@H]3[C@@H](CC[C@@]1(O)C[C@H](OC(C)=O)C[C@@H]2OC(C)=O)[C@]1(O)CC[C@H](C(=O)O)[C@@]1(C)C[C@H]3OC(C)=O. The first-order valence-corrected chi connectivity index (χ1v) is 13.8. The zero-order chi connectivity index (χ0) is 29.8. The van der Waals surface area contributed by atoms with E-state index in [-0.39, 0.29) is 44.9 Å². The maximum Gasteiger partial charge on any atom is 0.307 e. The van der Waals surface area contributed by atoms with Crippen LogP contribution in [0.25, 0.3) is 0 Å². The third-order valence-corrected chi connectivity index (χ3v) is 10.4. The van der Waals surface area contributed by atoms with E-state index < -0.39 is 94.6 Å². The van der Waals surface area contributed by atoms with Crippen LogP contribution in [0.2, 0.25) is 0 Å². The summed E-state index contributed by atoms with van der Waals surface area (Å²) in [6.45, 7) is 6.12. The number of ether oxygens (including phenoxy) is 4. The van der Waals surface area contributed by atoms with Crippen molar-refractivity contribution in [3.05, 3.63) is 0 Å². The molecule has 40 heavy (non-hydrogen) atoms. The van der Waals surface area contributed by atoms with E-state index in [2.05, 4.69) is 0 Å². The molecule has 0 unspecified atom stereocenters. The Labute approximate surface area is 232 Å². The maximum atomic E-state index is 12.5. The molecule has 0 aromatic heterocycles. The summed E-state index contributed by atoms with van der Waals surface area (Å²) in [7, 11) is 0. The molecule has 0 spiro atoms. The van der Waals surface area contributed by atoms with E-state index >= 15 is 0 Å². The second kappa shape index (κ2) is 10.3. The largest absolute Gasteiger partial charge is 0.481 e. The van der Waals surface area contributed by atoms with Crippen molar-refractivity contribution in [1.29, 1.82) is 0 Å². The quantitative estimate of drug-likeness (QED) is 0.311. The molecule has 3 N–H and O–H groups in total. The summed E-state index contributed by atoms with van der Waals surface area (Å²) in [4.78, 5) is 61.2. The number of carbonyl (C=O) groups excluding carboxylic acids is 4. The molecule has 4 aliphatic carbocycles. The van der Waals surface area contributed by atoms with Crippen LogP contribution < -0.4 is 0 Å². The number of fused-ring (bicyclic) bond motifs is 5. The zero-order valence-electron chi connectivity index (χ0n) is 23.6. The topological polar surface area (TPSA) is 183 Å². The summed E-state index contributed by atoms with van der Waals surface area (Å²) in [6.07, 6.45) is -2.43. The van der Waals surface area contributed by atoms with Crippen molar-refractivity contribution in [1.82, 2.24) is 0 Å². The Morgan fingerprint density at radius 1 is 0.825 bits per heavy atom. The number of carbonyl (C=O) groups is 5. The number of hydrogen-bond donors (Lipinski definition) is 3. The van der Waals surface area contributed by atoms with Crippen LogP contribution in [0.5, 0.6) is 0 Å². The van der Waals surface area contributed by atoms with Crippen LogP contribution in [0.4, 0.5) is 0 Å². The van der Waals surface area contributed by atoms with Crippen molar-refractivity contribution in [2.45, 2.75) is 109 Å². The Balaban J connectivity index is 1.94. The van der Waals surface area contributed by atoms with E-state index in [0.29, 0.717) is 0 Å². The predicted octanol–water partition coefficient (Wildman–Crippen LogP) is 1.52. The molecule has 4 aliphatic rings. The molecule has 224 valence electrons. The molecular weight excluding hydrogens is 528 g/mol. The number of esters is 4. The van der Waals surface area contributed by atoms with Gasteiger partial charge in [0, 0.05) is 51.9 Å². The summed E-state index contributed by atoms with van der Waals surface area (Å²) >= 11 is 0. The van der Waals surface area contributed by atoms with Gasteiger partial charge in [0.2, 0.25) is 0 Å². The van der Waals surface area contributed by atoms with Gasteiger partial charge < -0.3 is 34.3 Å². The van der Waals surface area contributed by atoms with E-state index in [1.807, 2.05) is 0 Å². The van der Waals surface area contributed by atoms with Gasteiger partial charge >= 0.3 is 29.8 Å². The van der Waals surface area contributed by atoms with E-state index in [1.54, 1.807) is 6.92 Å². The number of aliphatic carboxylic acids is 1. The van der Waals surface area contributed by atoms with Crippen molar-refractivity contribution in [3.63, 3.8) is 0 Å². The smallest absolute Gasteiger partial charge is 0.307 e. The molecule has 4 rings (SSSR count). The molecule has 0 aromatic carbocycles. The lowest BCUT2D eigenvalue weighted by Crippen LogP contribution is -2.76. The summed E-state index contributed by atoms with van der Waals surface area (Å²) in [6, 6.07) is 0. The van der Waals surface area contributed by atoms with E-state index in [0.717, 1.165) is 0 Å². The fourth-order valence-electron chi connectivity index (χ4n) is 9.01. The lowest BCUT2D eigenvalue weighted by Gasteiger charge is -2.68. The highest BCUT2D eigenvalue weighted by Gasteiger charge is 2.77. The average molecular weight is 569 g/mol. The molecule has 0 radical (unpaired) electrons. The minimum absolute atomic E-state index is 0.0216. The van der Waals surface area contributed by atoms with Crippen molar-refractivity contribution in [3.8, 4) is 0 Å². The highest BCUT2D eigenvalue weighted by Crippen LogP contribution is 2.70.